The van der Waals surface area contributed by atoms with Crippen LogP contribution in [-0.4, -0.2) is 6.54 Å². The van der Waals surface area contributed by atoms with E-state index < -0.39 is 0 Å². The van der Waals surface area contributed by atoms with Crippen LogP contribution in [0.15, 0.2) is 12.3 Å². The van der Waals surface area contributed by atoms with E-state index in [9.17, 15) is 0 Å². The quantitative estimate of drug-likeness (QED) is 0.549. The van der Waals surface area contributed by atoms with Gasteiger partial charge in [0.05, 0.1) is 0 Å². The Morgan fingerprint density at radius 3 is 2.21 bits per heavy atom. The first-order valence-electron chi connectivity index (χ1n) is 6.02. The molecule has 1 nitrogen and oxygen atoms in total. The highest BCUT2D eigenvalue weighted by molar-refractivity contribution is 4.83. The first-order valence-corrected chi connectivity index (χ1v) is 6.02. The van der Waals surface area contributed by atoms with Crippen molar-refractivity contribution < 1.29 is 0 Å². The molecule has 1 N–H and O–H groups in total. The fraction of sp³-hybridized carbons (Fsp3) is 0.846. The largest absolute Gasteiger partial charge is 0.389 e. The highest BCUT2D eigenvalue weighted by Crippen LogP contribution is 2.10. The van der Waals surface area contributed by atoms with E-state index in [-0.39, 0.29) is 0 Å². The average Bonchev–Trinajstić information content (AvgIpc) is 2.08. The summed E-state index contributed by atoms with van der Waals surface area (Å²) < 4.78 is 0. The SMILES string of the molecule is C=C(C)NCCCCCCCC(C)C. The summed E-state index contributed by atoms with van der Waals surface area (Å²) >= 11 is 0. The molecule has 0 aromatic rings. The maximum Gasteiger partial charge on any atom is 0.0143 e. The Kier molecular flexibility index (Phi) is 8.81. The molecule has 0 fully saturated rings. The van der Waals surface area contributed by atoms with Crippen LogP contribution < -0.4 is 5.32 Å². The van der Waals surface area contributed by atoms with E-state index in [1.165, 1.54) is 38.5 Å². The molecule has 0 atom stereocenters. The summed E-state index contributed by atoms with van der Waals surface area (Å²) in [7, 11) is 0. The minimum atomic E-state index is 0.875. The summed E-state index contributed by atoms with van der Waals surface area (Å²) in [6, 6.07) is 0. The number of hydrogen-bond acceptors (Lipinski definition) is 1. The van der Waals surface area contributed by atoms with Gasteiger partial charge in [0.2, 0.25) is 0 Å². The third-order valence-electron chi connectivity index (χ3n) is 2.39. The first-order chi connectivity index (χ1) is 6.63. The highest BCUT2D eigenvalue weighted by Gasteiger charge is 1.94. The van der Waals surface area contributed by atoms with E-state index in [1.807, 2.05) is 6.92 Å². The fourth-order valence-corrected chi connectivity index (χ4v) is 1.51. The van der Waals surface area contributed by atoms with Crippen molar-refractivity contribution in [3.05, 3.63) is 12.3 Å². The van der Waals surface area contributed by atoms with Gasteiger partial charge in [-0.1, -0.05) is 52.5 Å². The van der Waals surface area contributed by atoms with Gasteiger partial charge in [0.1, 0.15) is 0 Å². The number of allylic oxidation sites excluding steroid dienone is 1. The lowest BCUT2D eigenvalue weighted by Gasteiger charge is -2.05. The zero-order valence-corrected chi connectivity index (χ0v) is 10.2. The number of unbranched alkanes of at least 4 members (excludes halogenated alkanes) is 4. The molecule has 0 heterocycles. The second kappa shape index (κ2) is 9.11. The maximum atomic E-state index is 3.81. The van der Waals surface area contributed by atoms with Crippen molar-refractivity contribution in [3.63, 3.8) is 0 Å². The number of rotatable bonds is 9. The molecule has 84 valence electrons. The van der Waals surface area contributed by atoms with Gasteiger partial charge in [-0.15, -0.1) is 0 Å². The molecule has 0 saturated carbocycles. The van der Waals surface area contributed by atoms with Crippen molar-refractivity contribution >= 4 is 0 Å². The van der Waals surface area contributed by atoms with E-state index in [2.05, 4.69) is 25.7 Å². The molecule has 14 heavy (non-hydrogen) atoms. The predicted octanol–water partition coefficient (Wildman–Crippen LogP) is 4.11. The van der Waals surface area contributed by atoms with Crippen molar-refractivity contribution in [2.75, 3.05) is 6.54 Å². The van der Waals surface area contributed by atoms with Crippen molar-refractivity contribution in [2.24, 2.45) is 5.92 Å². The van der Waals surface area contributed by atoms with Crippen LogP contribution in [0.1, 0.15) is 59.3 Å². The van der Waals surface area contributed by atoms with Crippen molar-refractivity contribution in [1.82, 2.24) is 5.32 Å². The number of nitrogens with one attached hydrogen (secondary N) is 1. The molecule has 0 aromatic heterocycles. The molecule has 0 aliphatic carbocycles. The second-order valence-corrected chi connectivity index (χ2v) is 4.66. The minimum absolute atomic E-state index is 0.875. The molecular weight excluding hydrogens is 170 g/mol. The highest BCUT2D eigenvalue weighted by atomic mass is 14.9. The van der Waals surface area contributed by atoms with Gasteiger partial charge >= 0.3 is 0 Å². The third-order valence-corrected chi connectivity index (χ3v) is 2.39. The summed E-state index contributed by atoms with van der Waals surface area (Å²) in [5.41, 5.74) is 1.09. The van der Waals surface area contributed by atoms with Gasteiger partial charge in [-0.3, -0.25) is 0 Å². The Morgan fingerprint density at radius 2 is 1.64 bits per heavy atom. The summed E-state index contributed by atoms with van der Waals surface area (Å²) in [5, 5.41) is 3.26. The van der Waals surface area contributed by atoms with Crippen LogP contribution in [0.2, 0.25) is 0 Å². The second-order valence-electron chi connectivity index (χ2n) is 4.66. The zero-order chi connectivity index (χ0) is 10.8. The topological polar surface area (TPSA) is 12.0 Å². The summed E-state index contributed by atoms with van der Waals surface area (Å²) in [4.78, 5) is 0. The van der Waals surface area contributed by atoms with E-state index in [0.717, 1.165) is 18.2 Å². The van der Waals surface area contributed by atoms with E-state index in [1.54, 1.807) is 0 Å². The van der Waals surface area contributed by atoms with Crippen LogP contribution in [0.4, 0.5) is 0 Å². The first kappa shape index (κ1) is 13.5. The predicted molar refractivity (Wildman–Crippen MR) is 65.4 cm³/mol. The molecule has 0 aliphatic heterocycles. The Hall–Kier alpha value is -0.460. The zero-order valence-electron chi connectivity index (χ0n) is 10.2. The summed E-state index contributed by atoms with van der Waals surface area (Å²) in [6.45, 7) is 11.5. The van der Waals surface area contributed by atoms with Crippen molar-refractivity contribution in [1.29, 1.82) is 0 Å². The van der Waals surface area contributed by atoms with Gasteiger partial charge in [-0.2, -0.15) is 0 Å². The fourth-order valence-electron chi connectivity index (χ4n) is 1.51. The Balaban J connectivity index is 2.96. The van der Waals surface area contributed by atoms with Gasteiger partial charge in [0.15, 0.2) is 0 Å². The normalized spacial score (nSPS) is 10.6. The molecule has 0 aliphatic rings. The molecule has 1 heteroatoms. The summed E-state index contributed by atoms with van der Waals surface area (Å²) in [6.07, 6.45) is 8.25. The van der Waals surface area contributed by atoms with Crippen LogP contribution in [0, 0.1) is 5.92 Å². The Labute approximate surface area is 90.0 Å². The standard InChI is InChI=1S/C13H27N/c1-12(2)10-8-6-5-7-9-11-14-13(3)4/h12,14H,3,5-11H2,1-2,4H3. The maximum absolute atomic E-state index is 3.81. The van der Waals surface area contributed by atoms with Crippen LogP contribution in [-0.2, 0) is 0 Å². The molecule has 0 saturated heterocycles. The molecule has 0 unspecified atom stereocenters. The van der Waals surface area contributed by atoms with Crippen LogP contribution >= 0.6 is 0 Å². The molecule has 0 radical (unpaired) electrons. The summed E-state index contributed by atoms with van der Waals surface area (Å²) in [5.74, 6) is 0.875. The lowest BCUT2D eigenvalue weighted by molar-refractivity contribution is 0.513. The smallest absolute Gasteiger partial charge is 0.0143 e. The van der Waals surface area contributed by atoms with Crippen molar-refractivity contribution in [3.8, 4) is 0 Å². The molecule has 0 amide bonds. The van der Waals surface area contributed by atoms with Gasteiger partial charge < -0.3 is 5.32 Å². The van der Waals surface area contributed by atoms with E-state index in [4.69, 9.17) is 0 Å². The molecule has 0 aromatic carbocycles. The van der Waals surface area contributed by atoms with E-state index in [0.29, 0.717) is 0 Å². The van der Waals surface area contributed by atoms with Gasteiger partial charge in [0.25, 0.3) is 0 Å². The van der Waals surface area contributed by atoms with Crippen LogP contribution in [0.25, 0.3) is 0 Å². The van der Waals surface area contributed by atoms with Gasteiger partial charge in [0, 0.05) is 12.2 Å². The Bertz CT molecular complexity index is 138. The molecular formula is C13H27N. The third kappa shape index (κ3) is 11.5. The van der Waals surface area contributed by atoms with Gasteiger partial charge in [-0.25, -0.2) is 0 Å². The molecule has 0 spiro atoms. The monoisotopic (exact) mass is 197 g/mol. The molecule has 0 rings (SSSR count). The average molecular weight is 197 g/mol. The van der Waals surface area contributed by atoms with Gasteiger partial charge in [-0.05, 0) is 19.3 Å². The minimum Gasteiger partial charge on any atom is -0.389 e. The van der Waals surface area contributed by atoms with Crippen molar-refractivity contribution in [2.45, 2.75) is 59.3 Å². The van der Waals surface area contributed by atoms with Crippen LogP contribution in [0.5, 0.6) is 0 Å². The Morgan fingerprint density at radius 1 is 1.07 bits per heavy atom. The molecule has 0 bridgehead atoms. The lowest BCUT2D eigenvalue weighted by Crippen LogP contribution is -2.11. The number of hydrogen-bond donors (Lipinski definition) is 1. The lowest BCUT2D eigenvalue weighted by atomic mass is 10.0. The van der Waals surface area contributed by atoms with Crippen LogP contribution in [0.3, 0.4) is 0 Å². The van der Waals surface area contributed by atoms with E-state index >= 15 is 0 Å².